The number of benzene rings is 6. The Morgan fingerprint density at radius 1 is 0.372 bits per heavy atom. The molecule has 0 amide bonds. The minimum Gasteiger partial charge on any atom is -0.228 e. The van der Waals surface area contributed by atoms with E-state index in [2.05, 4.69) is 135 Å². The van der Waals surface area contributed by atoms with Gasteiger partial charge in [0.05, 0.1) is 11.4 Å². The molecule has 0 unspecified atom stereocenters. The van der Waals surface area contributed by atoms with Crippen molar-refractivity contribution >= 4 is 10.8 Å². The van der Waals surface area contributed by atoms with Crippen LogP contribution in [0.4, 0.5) is 0 Å². The third kappa shape index (κ3) is 5.36. The molecule has 0 N–H and O–H groups in total. The third-order valence-corrected chi connectivity index (χ3v) is 8.42. The van der Waals surface area contributed by atoms with Crippen LogP contribution in [0.5, 0.6) is 0 Å². The highest BCUT2D eigenvalue weighted by Gasteiger charge is 2.23. The van der Waals surface area contributed by atoms with Crippen molar-refractivity contribution in [2.24, 2.45) is 0 Å². The Morgan fingerprint density at radius 2 is 0.837 bits per heavy atom. The summed E-state index contributed by atoms with van der Waals surface area (Å²) in [5, 5.41) is 2.53. The smallest absolute Gasteiger partial charge is 0.160 e. The molecule has 0 radical (unpaired) electrons. The summed E-state index contributed by atoms with van der Waals surface area (Å²) in [5.41, 5.74) is 9.81. The maximum absolute atomic E-state index is 5.00. The molecule has 0 atom stereocenters. The van der Waals surface area contributed by atoms with Gasteiger partial charge in [-0.1, -0.05) is 159 Å². The van der Waals surface area contributed by atoms with Crippen LogP contribution >= 0.6 is 0 Å². The van der Waals surface area contributed by atoms with Crippen molar-refractivity contribution in [2.45, 2.75) is 19.3 Å². The van der Waals surface area contributed by atoms with Gasteiger partial charge in [-0.2, -0.15) is 0 Å². The van der Waals surface area contributed by atoms with E-state index in [1.165, 1.54) is 33.0 Å². The highest BCUT2D eigenvalue weighted by molar-refractivity contribution is 5.87. The molecule has 206 valence electrons. The van der Waals surface area contributed by atoms with Gasteiger partial charge in [-0.05, 0) is 45.2 Å². The molecule has 2 nitrogen and oxygen atoms in total. The number of nitrogens with zero attached hydrogens (tertiary/aromatic N) is 2. The summed E-state index contributed by atoms with van der Waals surface area (Å²) in [6, 6.07) is 55.6. The first kappa shape index (κ1) is 26.6. The van der Waals surface area contributed by atoms with Crippen LogP contribution in [0.2, 0.25) is 0 Å². The lowest BCUT2D eigenvalue weighted by atomic mass is 9.77. The van der Waals surface area contributed by atoms with Crippen LogP contribution < -0.4 is 0 Å². The Hall–Kier alpha value is -5.34. The first-order valence-corrected chi connectivity index (χ1v) is 14.8. The van der Waals surface area contributed by atoms with Gasteiger partial charge in [0.15, 0.2) is 5.82 Å². The van der Waals surface area contributed by atoms with E-state index < -0.39 is 0 Å². The van der Waals surface area contributed by atoms with Gasteiger partial charge in [-0.3, -0.25) is 0 Å². The molecule has 0 fully saturated rings. The molecule has 7 aromatic rings. The van der Waals surface area contributed by atoms with E-state index in [0.717, 1.165) is 33.9 Å². The zero-order valence-electron chi connectivity index (χ0n) is 24.4. The molecule has 0 aliphatic carbocycles. The second-order valence-corrected chi connectivity index (χ2v) is 11.5. The van der Waals surface area contributed by atoms with Gasteiger partial charge in [0.25, 0.3) is 0 Å². The molecule has 1 aromatic heterocycles. The van der Waals surface area contributed by atoms with E-state index in [4.69, 9.17) is 9.97 Å². The van der Waals surface area contributed by atoms with Gasteiger partial charge in [0, 0.05) is 22.1 Å². The zero-order valence-corrected chi connectivity index (χ0v) is 24.4. The molecule has 2 heteroatoms. The zero-order chi connectivity index (χ0) is 29.2. The van der Waals surface area contributed by atoms with Crippen molar-refractivity contribution in [2.75, 3.05) is 0 Å². The van der Waals surface area contributed by atoms with Gasteiger partial charge in [0.1, 0.15) is 0 Å². The summed E-state index contributed by atoms with van der Waals surface area (Å²) in [6.07, 6.45) is 0. The lowest BCUT2D eigenvalue weighted by Gasteiger charge is -2.26. The van der Waals surface area contributed by atoms with E-state index in [1.807, 2.05) is 36.4 Å². The molecule has 0 aliphatic heterocycles. The minimum atomic E-state index is -0.164. The Labute approximate surface area is 253 Å². The van der Waals surface area contributed by atoms with E-state index in [0.29, 0.717) is 0 Å². The van der Waals surface area contributed by atoms with Gasteiger partial charge < -0.3 is 0 Å². The molecule has 0 spiro atoms. The quantitative estimate of drug-likeness (QED) is 0.205. The van der Waals surface area contributed by atoms with Crippen LogP contribution in [0, 0.1) is 0 Å². The molecule has 0 saturated heterocycles. The van der Waals surface area contributed by atoms with Crippen molar-refractivity contribution in [3.05, 3.63) is 169 Å². The Balaban J connectivity index is 1.19. The minimum absolute atomic E-state index is 0.164. The monoisotopic (exact) mass is 552 g/mol. The normalized spacial score (nSPS) is 11.5. The van der Waals surface area contributed by atoms with E-state index in [9.17, 15) is 0 Å². The van der Waals surface area contributed by atoms with Gasteiger partial charge >= 0.3 is 0 Å². The van der Waals surface area contributed by atoms with Gasteiger partial charge in [-0.15, -0.1) is 0 Å². The average Bonchev–Trinajstić information content (AvgIpc) is 3.09. The van der Waals surface area contributed by atoms with Gasteiger partial charge in [0.2, 0.25) is 0 Å². The lowest BCUT2D eigenvalue weighted by Crippen LogP contribution is -2.18. The molecule has 1 heterocycles. The van der Waals surface area contributed by atoms with Crippen LogP contribution in [-0.4, -0.2) is 9.97 Å². The highest BCUT2D eigenvalue weighted by atomic mass is 14.9. The highest BCUT2D eigenvalue weighted by Crippen LogP contribution is 2.35. The second kappa shape index (κ2) is 11.2. The summed E-state index contributed by atoms with van der Waals surface area (Å²) in [5.74, 6) is 0.726. The summed E-state index contributed by atoms with van der Waals surface area (Å²) in [7, 11) is 0. The number of hydrogen-bond acceptors (Lipinski definition) is 2. The third-order valence-electron chi connectivity index (χ3n) is 8.42. The fourth-order valence-corrected chi connectivity index (χ4v) is 5.74. The van der Waals surface area contributed by atoms with Crippen molar-refractivity contribution < 1.29 is 0 Å². The number of rotatable bonds is 6. The predicted molar refractivity (Wildman–Crippen MR) is 180 cm³/mol. The SMILES string of the molecule is CC(C)(c1ccc(-c2ccc3ccccc3c2)cc1)c1ccc(-c2nc(-c3ccccc3)cc(-c3ccccc3)n2)cc1. The molecule has 43 heavy (non-hydrogen) atoms. The summed E-state index contributed by atoms with van der Waals surface area (Å²) >= 11 is 0. The molecular weight excluding hydrogens is 520 g/mol. The van der Waals surface area contributed by atoms with Crippen molar-refractivity contribution in [1.29, 1.82) is 0 Å². The van der Waals surface area contributed by atoms with Crippen LogP contribution in [0.3, 0.4) is 0 Å². The van der Waals surface area contributed by atoms with Crippen LogP contribution in [-0.2, 0) is 5.41 Å². The topological polar surface area (TPSA) is 25.8 Å². The Kier molecular flexibility index (Phi) is 6.89. The summed E-state index contributed by atoms with van der Waals surface area (Å²) in [6.45, 7) is 4.57. The number of hydrogen-bond donors (Lipinski definition) is 0. The molecule has 0 bridgehead atoms. The first-order valence-electron chi connectivity index (χ1n) is 14.8. The fourth-order valence-electron chi connectivity index (χ4n) is 5.74. The van der Waals surface area contributed by atoms with E-state index >= 15 is 0 Å². The second-order valence-electron chi connectivity index (χ2n) is 11.5. The molecule has 7 rings (SSSR count). The standard InChI is InChI=1S/C41H32N2/c1-41(2,36-23-19-30(20-24-36)35-18-17-29-11-9-10-16-34(29)27-35)37-25-21-33(22-26-37)40-42-38(31-12-5-3-6-13-31)28-39(43-40)32-14-7-4-8-15-32/h3-28H,1-2H3. The number of fused-ring (bicyclic) bond motifs is 1. The van der Waals surface area contributed by atoms with Crippen molar-refractivity contribution in [1.82, 2.24) is 9.97 Å². The molecule has 0 saturated carbocycles. The van der Waals surface area contributed by atoms with E-state index in [1.54, 1.807) is 0 Å². The van der Waals surface area contributed by atoms with Crippen molar-refractivity contribution in [3.63, 3.8) is 0 Å². The largest absolute Gasteiger partial charge is 0.228 e. The van der Waals surface area contributed by atoms with E-state index in [-0.39, 0.29) is 5.41 Å². The molecular formula is C41H32N2. The maximum Gasteiger partial charge on any atom is 0.160 e. The van der Waals surface area contributed by atoms with Gasteiger partial charge in [-0.25, -0.2) is 9.97 Å². The molecule has 0 aliphatic rings. The van der Waals surface area contributed by atoms with Crippen molar-refractivity contribution in [3.8, 4) is 45.0 Å². The molecule has 6 aromatic carbocycles. The number of aromatic nitrogens is 2. The van der Waals surface area contributed by atoms with Crippen LogP contribution in [0.15, 0.2) is 158 Å². The maximum atomic E-state index is 5.00. The average molecular weight is 553 g/mol. The lowest BCUT2D eigenvalue weighted by molar-refractivity contribution is 0.641. The van der Waals surface area contributed by atoms with Crippen LogP contribution in [0.25, 0.3) is 55.8 Å². The predicted octanol–water partition coefficient (Wildman–Crippen LogP) is 10.6. The first-order chi connectivity index (χ1) is 21.0. The summed E-state index contributed by atoms with van der Waals surface area (Å²) in [4.78, 5) is 9.99. The Bertz CT molecular complexity index is 1950. The Morgan fingerprint density at radius 3 is 1.40 bits per heavy atom. The van der Waals surface area contributed by atoms with Crippen LogP contribution in [0.1, 0.15) is 25.0 Å². The fraction of sp³-hybridized carbons (Fsp3) is 0.0732. The summed E-state index contributed by atoms with van der Waals surface area (Å²) < 4.78 is 0.